The van der Waals surface area contributed by atoms with Gasteiger partial charge in [0.25, 0.3) is 0 Å². The van der Waals surface area contributed by atoms with Crippen LogP contribution >= 0.6 is 0 Å². The molecule has 0 unspecified atom stereocenters. The van der Waals surface area contributed by atoms with Gasteiger partial charge in [0.1, 0.15) is 0 Å². The number of hydrogen-bond acceptors (Lipinski definition) is 2. The van der Waals surface area contributed by atoms with Crippen LogP contribution in [0, 0.1) is 13.8 Å². The van der Waals surface area contributed by atoms with Gasteiger partial charge in [-0.15, -0.1) is 0 Å². The first-order valence-corrected chi connectivity index (χ1v) is 15.6. The first-order chi connectivity index (χ1) is 11.0. The van der Waals surface area contributed by atoms with E-state index in [1.807, 2.05) is 0 Å². The van der Waals surface area contributed by atoms with E-state index in [4.69, 9.17) is 0 Å². The molecule has 0 aliphatic carbocycles. The molecule has 2 rings (SSSR count). The summed E-state index contributed by atoms with van der Waals surface area (Å²) in [7, 11) is -2.90. The summed E-state index contributed by atoms with van der Waals surface area (Å²) >= 11 is 0. The van der Waals surface area contributed by atoms with Gasteiger partial charge in [-0.2, -0.15) is 10.2 Å². The Morgan fingerprint density at radius 1 is 0.583 bits per heavy atom. The highest BCUT2D eigenvalue weighted by molar-refractivity contribution is 6.90. The van der Waals surface area contributed by atoms with Crippen molar-refractivity contribution in [2.75, 3.05) is 0 Å². The van der Waals surface area contributed by atoms with Gasteiger partial charge in [-0.05, 0) is 36.4 Å². The standard InChI is InChI=1S/C20H30N2Si2/c1-15-9-11-17(19(13-15)23(3,4)5)21-22-18-12-10-16(2)14-20(18)24(6,7)8/h9-14H,1-8H3. The van der Waals surface area contributed by atoms with E-state index in [-0.39, 0.29) is 0 Å². The molecule has 0 amide bonds. The molecule has 0 radical (unpaired) electrons. The summed E-state index contributed by atoms with van der Waals surface area (Å²) in [6.45, 7) is 18.5. The largest absolute Gasteiger partial charge is 0.151 e. The topological polar surface area (TPSA) is 24.7 Å². The summed E-state index contributed by atoms with van der Waals surface area (Å²) in [5.74, 6) is 0. The zero-order valence-corrected chi connectivity index (χ0v) is 18.4. The quantitative estimate of drug-likeness (QED) is 0.489. The Morgan fingerprint density at radius 2 is 0.917 bits per heavy atom. The van der Waals surface area contributed by atoms with Crippen molar-refractivity contribution in [1.82, 2.24) is 0 Å². The zero-order chi connectivity index (χ0) is 18.1. The molecule has 0 spiro atoms. The summed E-state index contributed by atoms with van der Waals surface area (Å²) in [6, 6.07) is 13.1. The van der Waals surface area contributed by atoms with Crippen LogP contribution in [0.2, 0.25) is 39.3 Å². The van der Waals surface area contributed by atoms with Crippen molar-refractivity contribution < 1.29 is 0 Å². The van der Waals surface area contributed by atoms with Crippen LogP contribution in [0.3, 0.4) is 0 Å². The second-order valence-electron chi connectivity index (χ2n) is 8.74. The van der Waals surface area contributed by atoms with Gasteiger partial charge < -0.3 is 0 Å². The number of benzene rings is 2. The molecule has 0 saturated carbocycles. The van der Waals surface area contributed by atoms with E-state index in [1.165, 1.54) is 21.5 Å². The summed E-state index contributed by atoms with van der Waals surface area (Å²) in [6.07, 6.45) is 0. The van der Waals surface area contributed by atoms with Crippen LogP contribution in [-0.2, 0) is 0 Å². The van der Waals surface area contributed by atoms with Gasteiger partial charge >= 0.3 is 0 Å². The average molecular weight is 355 g/mol. The van der Waals surface area contributed by atoms with Gasteiger partial charge in [0.15, 0.2) is 0 Å². The smallest absolute Gasteiger partial charge is 0.0849 e. The molecular formula is C20H30N2Si2. The number of azo groups is 1. The van der Waals surface area contributed by atoms with E-state index >= 15 is 0 Å². The Bertz CT molecular complexity index is 701. The normalized spacial score (nSPS) is 12.8. The number of hydrogen-bond donors (Lipinski definition) is 0. The highest BCUT2D eigenvalue weighted by atomic mass is 28.3. The fraction of sp³-hybridized carbons (Fsp3) is 0.400. The molecule has 0 bridgehead atoms. The summed E-state index contributed by atoms with van der Waals surface area (Å²) in [5, 5.41) is 12.1. The molecule has 0 aromatic heterocycles. The van der Waals surface area contributed by atoms with Gasteiger partial charge in [-0.1, -0.05) is 74.7 Å². The Balaban J connectivity index is 2.50. The molecule has 0 heterocycles. The molecule has 24 heavy (non-hydrogen) atoms. The third kappa shape index (κ3) is 4.51. The Morgan fingerprint density at radius 3 is 1.21 bits per heavy atom. The lowest BCUT2D eigenvalue weighted by Gasteiger charge is -2.20. The minimum atomic E-state index is -1.45. The Labute approximate surface area is 149 Å². The number of rotatable bonds is 4. The van der Waals surface area contributed by atoms with Crippen molar-refractivity contribution in [3.05, 3.63) is 47.5 Å². The van der Waals surface area contributed by atoms with Crippen LogP contribution in [0.5, 0.6) is 0 Å². The number of aryl methyl sites for hydroxylation is 2. The zero-order valence-electron chi connectivity index (χ0n) is 16.4. The maximum atomic E-state index is 4.67. The van der Waals surface area contributed by atoms with E-state index in [9.17, 15) is 0 Å². The fourth-order valence-electron chi connectivity index (χ4n) is 2.78. The van der Waals surface area contributed by atoms with Crippen LogP contribution in [0.4, 0.5) is 11.4 Å². The van der Waals surface area contributed by atoms with Crippen LogP contribution in [0.1, 0.15) is 11.1 Å². The van der Waals surface area contributed by atoms with E-state index in [2.05, 4.69) is 99.8 Å². The van der Waals surface area contributed by atoms with Gasteiger partial charge in [0.05, 0.1) is 27.5 Å². The minimum absolute atomic E-state index is 1.03. The molecule has 128 valence electrons. The molecule has 0 aliphatic rings. The molecule has 0 saturated heterocycles. The van der Waals surface area contributed by atoms with Crippen LogP contribution in [-0.4, -0.2) is 16.1 Å². The molecular weight excluding hydrogens is 324 g/mol. The van der Waals surface area contributed by atoms with E-state index in [0.29, 0.717) is 0 Å². The Hall–Kier alpha value is -1.53. The van der Waals surface area contributed by atoms with Gasteiger partial charge in [-0.3, -0.25) is 0 Å². The highest BCUT2D eigenvalue weighted by Gasteiger charge is 2.22. The van der Waals surface area contributed by atoms with E-state index in [1.54, 1.807) is 0 Å². The predicted octanol–water partition coefficient (Wildman–Crippen LogP) is 5.81. The average Bonchev–Trinajstić information content (AvgIpc) is 2.45. The maximum absolute atomic E-state index is 4.67. The van der Waals surface area contributed by atoms with Gasteiger partial charge in [0, 0.05) is 0 Å². The molecule has 2 aromatic rings. The van der Waals surface area contributed by atoms with E-state index in [0.717, 1.165) is 11.4 Å². The van der Waals surface area contributed by atoms with Crippen molar-refractivity contribution in [2.45, 2.75) is 53.1 Å². The van der Waals surface area contributed by atoms with Crippen molar-refractivity contribution in [1.29, 1.82) is 0 Å². The van der Waals surface area contributed by atoms with Crippen LogP contribution in [0.15, 0.2) is 46.6 Å². The maximum Gasteiger partial charge on any atom is 0.0849 e. The second-order valence-corrected chi connectivity index (χ2v) is 18.8. The first-order valence-electron chi connectivity index (χ1n) is 8.62. The fourth-order valence-corrected chi connectivity index (χ4v) is 5.91. The summed E-state index contributed by atoms with van der Waals surface area (Å²) in [5.41, 5.74) is 4.65. The Kier molecular flexibility index (Phi) is 5.30. The van der Waals surface area contributed by atoms with Gasteiger partial charge in [-0.25, -0.2) is 0 Å². The predicted molar refractivity (Wildman–Crippen MR) is 112 cm³/mol. The summed E-state index contributed by atoms with van der Waals surface area (Å²) in [4.78, 5) is 0. The SMILES string of the molecule is Cc1ccc(N=Nc2ccc(C)cc2[Si](C)(C)C)c([Si](C)(C)C)c1. The highest BCUT2D eigenvalue weighted by Crippen LogP contribution is 2.22. The van der Waals surface area contributed by atoms with Crippen molar-refractivity contribution >= 4 is 37.9 Å². The lowest BCUT2D eigenvalue weighted by molar-refractivity contribution is 1.23. The van der Waals surface area contributed by atoms with E-state index < -0.39 is 16.1 Å². The molecule has 0 N–H and O–H groups in total. The van der Waals surface area contributed by atoms with Crippen molar-refractivity contribution in [3.8, 4) is 0 Å². The third-order valence-corrected chi connectivity index (χ3v) is 8.22. The third-order valence-electron chi connectivity index (χ3n) is 4.19. The van der Waals surface area contributed by atoms with Crippen LogP contribution in [0.25, 0.3) is 0 Å². The summed E-state index contributed by atoms with van der Waals surface area (Å²) < 4.78 is 0. The van der Waals surface area contributed by atoms with Gasteiger partial charge in [0.2, 0.25) is 0 Å². The first kappa shape index (κ1) is 18.8. The monoisotopic (exact) mass is 354 g/mol. The lowest BCUT2D eigenvalue weighted by Crippen LogP contribution is -2.38. The van der Waals surface area contributed by atoms with Crippen molar-refractivity contribution in [2.24, 2.45) is 10.2 Å². The van der Waals surface area contributed by atoms with Crippen molar-refractivity contribution in [3.63, 3.8) is 0 Å². The minimum Gasteiger partial charge on any atom is -0.151 e. The second kappa shape index (κ2) is 6.77. The lowest BCUT2D eigenvalue weighted by atomic mass is 10.2. The molecule has 0 aliphatic heterocycles. The molecule has 0 fully saturated rings. The molecule has 2 aromatic carbocycles. The molecule has 4 heteroatoms. The molecule has 2 nitrogen and oxygen atoms in total. The van der Waals surface area contributed by atoms with Crippen LogP contribution < -0.4 is 10.4 Å². The number of nitrogens with zero attached hydrogens (tertiary/aromatic N) is 2. The molecule has 0 atom stereocenters.